The van der Waals surface area contributed by atoms with Gasteiger partial charge in [0, 0.05) is 4.90 Å². The second-order valence-electron chi connectivity index (χ2n) is 2.51. The summed E-state index contributed by atoms with van der Waals surface area (Å²) >= 11 is 4.06. The molecule has 0 aromatic heterocycles. The summed E-state index contributed by atoms with van der Waals surface area (Å²) in [5.74, 6) is -1.05. The molecule has 1 aliphatic rings. The van der Waals surface area contributed by atoms with E-state index >= 15 is 0 Å². The van der Waals surface area contributed by atoms with Crippen molar-refractivity contribution in [2.75, 3.05) is 5.32 Å². The fraction of sp³-hybridized carbons (Fsp3) is 0.200. The Kier molecular flexibility index (Phi) is 3.30. The van der Waals surface area contributed by atoms with Gasteiger partial charge in [-0.15, -0.1) is 12.6 Å². The van der Waals surface area contributed by atoms with Crippen LogP contribution < -0.4 is 5.32 Å². The molecule has 2 rings (SSSR count). The van der Waals surface area contributed by atoms with E-state index in [0.717, 1.165) is 0 Å². The zero-order valence-corrected chi connectivity index (χ0v) is 8.89. The lowest BCUT2D eigenvalue weighted by atomic mass is 10.1. The Morgan fingerprint density at radius 1 is 1.21 bits per heavy atom. The van der Waals surface area contributed by atoms with Crippen molar-refractivity contribution in [1.82, 2.24) is 0 Å². The number of thiol groups is 1. The third kappa shape index (κ3) is 1.80. The quantitative estimate of drug-likeness (QED) is 0.508. The maximum atomic E-state index is 11.1. The van der Waals surface area contributed by atoms with Gasteiger partial charge < -0.3 is 5.32 Å². The molecule has 1 N–H and O–H groups in total. The monoisotopic (exact) mass is 209 g/mol. The van der Waals surface area contributed by atoms with Crippen LogP contribution in [-0.4, -0.2) is 11.7 Å². The van der Waals surface area contributed by atoms with Crippen LogP contribution in [0.5, 0.6) is 0 Å². The average Bonchev–Trinajstić information content (AvgIpc) is 2.48. The molecule has 0 saturated heterocycles. The minimum absolute atomic E-state index is 0.410. The van der Waals surface area contributed by atoms with Gasteiger partial charge in [-0.1, -0.05) is 13.8 Å². The lowest BCUT2D eigenvalue weighted by molar-refractivity contribution is -0.112. The van der Waals surface area contributed by atoms with Crippen molar-refractivity contribution in [2.45, 2.75) is 18.7 Å². The molecule has 0 atom stereocenters. The normalized spacial score (nSPS) is 12.8. The van der Waals surface area contributed by atoms with E-state index in [-0.39, 0.29) is 0 Å². The van der Waals surface area contributed by atoms with Gasteiger partial charge in [0.1, 0.15) is 0 Å². The largest absolute Gasteiger partial charge is 0.318 e. The minimum atomic E-state index is -0.566. The highest BCUT2D eigenvalue weighted by Crippen LogP contribution is 2.24. The molecule has 1 aromatic carbocycles. The van der Waals surface area contributed by atoms with Crippen LogP contribution in [0.25, 0.3) is 0 Å². The second kappa shape index (κ2) is 4.28. The molecule has 1 amide bonds. The van der Waals surface area contributed by atoms with Crippen LogP contribution in [0.3, 0.4) is 0 Å². The molecule has 0 unspecified atom stereocenters. The zero-order valence-electron chi connectivity index (χ0n) is 8.00. The van der Waals surface area contributed by atoms with Crippen molar-refractivity contribution in [2.24, 2.45) is 0 Å². The first-order valence-electron chi connectivity index (χ1n) is 4.37. The molecular weight excluding hydrogens is 198 g/mol. The molecule has 0 aliphatic carbocycles. The van der Waals surface area contributed by atoms with Crippen LogP contribution >= 0.6 is 12.6 Å². The summed E-state index contributed by atoms with van der Waals surface area (Å²) in [6, 6.07) is 4.97. The molecule has 14 heavy (non-hydrogen) atoms. The van der Waals surface area contributed by atoms with E-state index in [1.807, 2.05) is 13.8 Å². The molecule has 0 radical (unpaired) electrons. The molecule has 0 bridgehead atoms. The van der Waals surface area contributed by atoms with Crippen LogP contribution in [0, 0.1) is 0 Å². The molecule has 1 heterocycles. The van der Waals surface area contributed by atoms with Crippen LogP contribution in [0.1, 0.15) is 24.2 Å². The van der Waals surface area contributed by atoms with E-state index in [2.05, 4.69) is 17.9 Å². The number of rotatable bonds is 0. The fourth-order valence-electron chi connectivity index (χ4n) is 1.13. The Labute approximate surface area is 87.9 Å². The standard InChI is InChI=1S/C8H5NO2S.C2H6/c10-7-5-3-4(12)1-2-6(5)9-8(7)11;1-2/h1-3,12H,(H,9,10,11);1-2H3. The first-order chi connectivity index (χ1) is 6.68. The van der Waals surface area contributed by atoms with Crippen LogP contribution in [0.4, 0.5) is 5.69 Å². The Hall–Kier alpha value is -1.29. The number of amides is 1. The molecule has 1 aromatic rings. The number of carbonyl (C=O) groups is 2. The van der Waals surface area contributed by atoms with Crippen molar-refractivity contribution >= 4 is 30.0 Å². The molecule has 4 heteroatoms. The van der Waals surface area contributed by atoms with E-state index in [1.54, 1.807) is 18.2 Å². The second-order valence-corrected chi connectivity index (χ2v) is 3.03. The Morgan fingerprint density at radius 2 is 1.86 bits per heavy atom. The van der Waals surface area contributed by atoms with Crippen molar-refractivity contribution in [3.8, 4) is 0 Å². The number of hydrogen-bond acceptors (Lipinski definition) is 3. The van der Waals surface area contributed by atoms with Gasteiger partial charge >= 0.3 is 0 Å². The molecule has 1 aliphatic heterocycles. The number of benzene rings is 1. The summed E-state index contributed by atoms with van der Waals surface area (Å²) in [6.07, 6.45) is 0. The molecule has 3 nitrogen and oxygen atoms in total. The topological polar surface area (TPSA) is 46.2 Å². The maximum absolute atomic E-state index is 11.1. The van der Waals surface area contributed by atoms with Crippen molar-refractivity contribution in [1.29, 1.82) is 0 Å². The summed E-state index contributed by atoms with van der Waals surface area (Å²) in [7, 11) is 0. The number of hydrogen-bond donors (Lipinski definition) is 2. The Bertz CT molecular complexity index is 388. The third-order valence-corrected chi connectivity index (χ3v) is 1.98. The smallest absolute Gasteiger partial charge is 0.296 e. The summed E-state index contributed by atoms with van der Waals surface area (Å²) in [4.78, 5) is 22.6. The van der Waals surface area contributed by atoms with Gasteiger partial charge in [-0.05, 0) is 18.2 Å². The molecule has 0 saturated carbocycles. The average molecular weight is 209 g/mol. The molecular formula is C10H11NO2S. The first-order valence-corrected chi connectivity index (χ1v) is 4.82. The summed E-state index contributed by atoms with van der Waals surface area (Å²) in [5.41, 5.74) is 0.982. The van der Waals surface area contributed by atoms with Crippen LogP contribution in [-0.2, 0) is 4.79 Å². The number of fused-ring (bicyclic) bond motifs is 1. The van der Waals surface area contributed by atoms with Gasteiger partial charge in [0.25, 0.3) is 11.7 Å². The van der Waals surface area contributed by atoms with Crippen molar-refractivity contribution < 1.29 is 9.59 Å². The van der Waals surface area contributed by atoms with E-state index in [0.29, 0.717) is 16.1 Å². The van der Waals surface area contributed by atoms with E-state index in [9.17, 15) is 9.59 Å². The SMILES string of the molecule is CC.O=C1Nc2ccc(S)cc2C1=O. The van der Waals surface area contributed by atoms with Gasteiger partial charge in [0.15, 0.2) is 0 Å². The van der Waals surface area contributed by atoms with Gasteiger partial charge in [0.05, 0.1) is 11.3 Å². The zero-order chi connectivity index (χ0) is 10.7. The molecule has 0 fully saturated rings. The molecule has 0 spiro atoms. The van der Waals surface area contributed by atoms with Crippen LogP contribution in [0.15, 0.2) is 23.1 Å². The summed E-state index contributed by atoms with van der Waals surface area (Å²) < 4.78 is 0. The van der Waals surface area contributed by atoms with Crippen LogP contribution in [0.2, 0.25) is 0 Å². The first kappa shape index (κ1) is 10.8. The highest BCUT2D eigenvalue weighted by atomic mass is 32.1. The minimum Gasteiger partial charge on any atom is -0.318 e. The maximum Gasteiger partial charge on any atom is 0.296 e. The number of Topliss-reactive ketones (excluding diaryl/α,β-unsaturated/α-hetero) is 1. The van der Waals surface area contributed by atoms with E-state index < -0.39 is 11.7 Å². The number of anilines is 1. The van der Waals surface area contributed by atoms with Gasteiger partial charge in [-0.2, -0.15) is 0 Å². The van der Waals surface area contributed by atoms with Gasteiger partial charge in [0.2, 0.25) is 0 Å². The predicted octanol–water partition coefficient (Wildman–Crippen LogP) is 2.14. The highest BCUT2D eigenvalue weighted by molar-refractivity contribution is 7.80. The lowest BCUT2D eigenvalue weighted by Gasteiger charge is -1.95. The summed E-state index contributed by atoms with van der Waals surface area (Å²) in [6.45, 7) is 4.00. The van der Waals surface area contributed by atoms with Gasteiger partial charge in [-0.3, -0.25) is 9.59 Å². The number of nitrogens with one attached hydrogen (secondary N) is 1. The van der Waals surface area contributed by atoms with E-state index in [4.69, 9.17) is 0 Å². The summed E-state index contributed by atoms with van der Waals surface area (Å²) in [5, 5.41) is 2.45. The predicted molar refractivity (Wildman–Crippen MR) is 58.0 cm³/mol. The van der Waals surface area contributed by atoms with E-state index in [1.165, 1.54) is 0 Å². The fourth-order valence-corrected chi connectivity index (χ4v) is 1.33. The third-order valence-electron chi connectivity index (χ3n) is 1.70. The van der Waals surface area contributed by atoms with Gasteiger partial charge in [-0.25, -0.2) is 0 Å². The lowest BCUT2D eigenvalue weighted by Crippen LogP contribution is -2.12. The highest BCUT2D eigenvalue weighted by Gasteiger charge is 2.27. The number of ketones is 1. The Balaban J connectivity index is 0.000000461. The van der Waals surface area contributed by atoms with Crippen molar-refractivity contribution in [3.63, 3.8) is 0 Å². The molecule has 74 valence electrons. The Morgan fingerprint density at radius 3 is 2.50 bits per heavy atom. The number of carbonyl (C=O) groups excluding carboxylic acids is 2. The van der Waals surface area contributed by atoms with Crippen molar-refractivity contribution in [3.05, 3.63) is 23.8 Å².